The van der Waals surface area contributed by atoms with Crippen molar-refractivity contribution in [3.05, 3.63) is 57.4 Å². The molecule has 134 valence electrons. The zero-order chi connectivity index (χ0) is 18.2. The summed E-state index contributed by atoms with van der Waals surface area (Å²) in [6.07, 6.45) is 2.87. The lowest BCUT2D eigenvalue weighted by atomic mass is 10.3. The molecule has 0 radical (unpaired) electrons. The summed E-state index contributed by atoms with van der Waals surface area (Å²) in [6.45, 7) is 2.92. The minimum atomic E-state index is -0.765. The highest BCUT2D eigenvalue weighted by Gasteiger charge is 2.10. The van der Waals surface area contributed by atoms with Crippen molar-refractivity contribution in [2.75, 3.05) is 26.9 Å². The average molecular weight is 347 g/mol. The van der Waals surface area contributed by atoms with Gasteiger partial charge in [-0.1, -0.05) is 0 Å². The van der Waals surface area contributed by atoms with Crippen molar-refractivity contribution in [3.8, 4) is 11.4 Å². The molecule has 0 aliphatic carbocycles. The summed E-state index contributed by atoms with van der Waals surface area (Å²) in [5.41, 5.74) is -0.947. The van der Waals surface area contributed by atoms with E-state index >= 15 is 0 Å². The Hall–Kier alpha value is -2.87. The van der Waals surface area contributed by atoms with E-state index in [-0.39, 0.29) is 12.5 Å². The third kappa shape index (κ3) is 4.80. The summed E-state index contributed by atoms with van der Waals surface area (Å²) in [5.74, 6) is 0.317. The number of carbonyl (C=O) groups excluding carboxylic acids is 1. The molecule has 1 amide bonds. The topological polar surface area (TPSA) is 91.6 Å². The van der Waals surface area contributed by atoms with Crippen LogP contribution in [0.4, 0.5) is 0 Å². The highest BCUT2D eigenvalue weighted by atomic mass is 16.5. The molecule has 1 aromatic heterocycles. The first-order chi connectivity index (χ1) is 12.1. The summed E-state index contributed by atoms with van der Waals surface area (Å²) in [6, 6.07) is 6.82. The van der Waals surface area contributed by atoms with Gasteiger partial charge in [-0.25, -0.2) is 0 Å². The number of carbonyl (C=O) groups is 1. The number of hydrogen-bond donors (Lipinski definition) is 1. The maximum atomic E-state index is 12.3. The van der Waals surface area contributed by atoms with Crippen LogP contribution in [0.15, 0.2) is 46.2 Å². The van der Waals surface area contributed by atoms with Crippen molar-refractivity contribution < 1.29 is 14.3 Å². The molecule has 0 atom stereocenters. The van der Waals surface area contributed by atoms with E-state index in [2.05, 4.69) is 5.32 Å². The van der Waals surface area contributed by atoms with Gasteiger partial charge in [-0.2, -0.15) is 0 Å². The lowest BCUT2D eigenvalue weighted by molar-refractivity contribution is -0.121. The Kier molecular flexibility index (Phi) is 6.53. The largest absolute Gasteiger partial charge is 0.494 e. The molecule has 0 bridgehead atoms. The smallest absolute Gasteiger partial charge is 0.320 e. The maximum Gasteiger partial charge on any atom is 0.320 e. The number of hydrogen-bond acceptors (Lipinski definition) is 5. The Balaban J connectivity index is 2.18. The number of rotatable bonds is 8. The van der Waals surface area contributed by atoms with Crippen molar-refractivity contribution in [1.82, 2.24) is 14.5 Å². The number of aromatic nitrogens is 2. The quantitative estimate of drug-likeness (QED) is 0.543. The van der Waals surface area contributed by atoms with Gasteiger partial charge in [0.2, 0.25) is 5.91 Å². The molecule has 2 rings (SSSR count). The monoisotopic (exact) mass is 347 g/mol. The van der Waals surface area contributed by atoms with E-state index in [0.29, 0.717) is 31.2 Å². The van der Waals surface area contributed by atoms with Crippen molar-refractivity contribution in [2.24, 2.45) is 0 Å². The first-order valence-corrected chi connectivity index (χ1v) is 7.87. The molecule has 2 aromatic rings. The zero-order valence-electron chi connectivity index (χ0n) is 14.2. The summed E-state index contributed by atoms with van der Waals surface area (Å²) in [5, 5.41) is 2.60. The Labute approximate surface area is 144 Å². The van der Waals surface area contributed by atoms with Crippen LogP contribution >= 0.6 is 0 Å². The van der Waals surface area contributed by atoms with Crippen LogP contribution in [0.3, 0.4) is 0 Å². The van der Waals surface area contributed by atoms with Crippen LogP contribution < -0.4 is 21.2 Å². The molecule has 0 aliphatic rings. The molecular weight excluding hydrogens is 326 g/mol. The molecular formula is C17H21N3O5. The summed E-state index contributed by atoms with van der Waals surface area (Å²) in [7, 11) is 1.53. The minimum absolute atomic E-state index is 0.220. The van der Waals surface area contributed by atoms with Gasteiger partial charge < -0.3 is 14.8 Å². The number of ether oxygens (including phenoxy) is 2. The highest BCUT2D eigenvalue weighted by Crippen LogP contribution is 2.13. The predicted octanol–water partition coefficient (Wildman–Crippen LogP) is 0.161. The second-order valence-corrected chi connectivity index (χ2v) is 5.18. The van der Waals surface area contributed by atoms with Gasteiger partial charge in [0.05, 0.1) is 13.2 Å². The van der Waals surface area contributed by atoms with E-state index in [9.17, 15) is 14.4 Å². The fraction of sp³-hybridized carbons (Fsp3) is 0.353. The molecule has 0 aliphatic heterocycles. The van der Waals surface area contributed by atoms with Gasteiger partial charge in [0.25, 0.3) is 0 Å². The van der Waals surface area contributed by atoms with E-state index < -0.39 is 11.1 Å². The fourth-order valence-electron chi connectivity index (χ4n) is 2.21. The number of methoxy groups -OCH3 is 1. The normalized spacial score (nSPS) is 10.5. The van der Waals surface area contributed by atoms with Crippen LogP contribution in [0.25, 0.3) is 5.69 Å². The molecule has 1 aromatic carbocycles. The summed E-state index contributed by atoms with van der Waals surface area (Å²) < 4.78 is 12.5. The lowest BCUT2D eigenvalue weighted by Gasteiger charge is -2.10. The van der Waals surface area contributed by atoms with Crippen molar-refractivity contribution >= 4 is 5.91 Å². The van der Waals surface area contributed by atoms with E-state index in [1.807, 2.05) is 6.92 Å². The van der Waals surface area contributed by atoms with Crippen molar-refractivity contribution in [2.45, 2.75) is 13.5 Å². The second kappa shape index (κ2) is 8.84. The molecule has 0 spiro atoms. The number of benzene rings is 1. The molecule has 0 unspecified atom stereocenters. The zero-order valence-corrected chi connectivity index (χ0v) is 14.2. The average Bonchev–Trinajstić information content (AvgIpc) is 2.61. The van der Waals surface area contributed by atoms with Crippen molar-refractivity contribution in [1.29, 1.82) is 0 Å². The van der Waals surface area contributed by atoms with Crippen LogP contribution in [0.2, 0.25) is 0 Å². The Bertz CT molecular complexity index is 823. The summed E-state index contributed by atoms with van der Waals surface area (Å²) >= 11 is 0. The SMILES string of the molecule is CCOc1ccc(-n2ccn(CC(=O)NCCOC)c(=O)c2=O)cc1. The third-order valence-corrected chi connectivity index (χ3v) is 3.43. The van der Waals surface area contributed by atoms with Crippen LogP contribution in [0.5, 0.6) is 5.75 Å². The predicted molar refractivity (Wildman–Crippen MR) is 92.4 cm³/mol. The first kappa shape index (κ1) is 18.5. The summed E-state index contributed by atoms with van der Waals surface area (Å²) in [4.78, 5) is 36.2. The van der Waals surface area contributed by atoms with Gasteiger partial charge in [-0.15, -0.1) is 0 Å². The molecule has 25 heavy (non-hydrogen) atoms. The molecule has 0 saturated heterocycles. The van der Waals surface area contributed by atoms with Crippen LogP contribution in [0, 0.1) is 0 Å². The van der Waals surface area contributed by atoms with Gasteiger partial charge in [0, 0.05) is 31.7 Å². The molecule has 1 N–H and O–H groups in total. The minimum Gasteiger partial charge on any atom is -0.494 e. The van der Waals surface area contributed by atoms with Crippen LogP contribution in [-0.4, -0.2) is 41.9 Å². The molecule has 0 saturated carbocycles. The first-order valence-electron chi connectivity index (χ1n) is 7.87. The molecule has 8 nitrogen and oxygen atoms in total. The van der Waals surface area contributed by atoms with E-state index in [1.165, 1.54) is 24.1 Å². The van der Waals surface area contributed by atoms with E-state index in [1.54, 1.807) is 24.3 Å². The van der Waals surface area contributed by atoms with Gasteiger partial charge in [0.15, 0.2) is 0 Å². The number of nitrogens with one attached hydrogen (secondary N) is 1. The lowest BCUT2D eigenvalue weighted by Crippen LogP contribution is -2.42. The fourth-order valence-corrected chi connectivity index (χ4v) is 2.21. The maximum absolute atomic E-state index is 12.3. The third-order valence-electron chi connectivity index (χ3n) is 3.43. The van der Waals surface area contributed by atoms with Crippen molar-refractivity contribution in [3.63, 3.8) is 0 Å². The van der Waals surface area contributed by atoms with Gasteiger partial charge in [-0.05, 0) is 31.2 Å². The Morgan fingerprint density at radius 3 is 2.48 bits per heavy atom. The van der Waals surface area contributed by atoms with Gasteiger partial charge in [0.1, 0.15) is 12.3 Å². The Morgan fingerprint density at radius 1 is 1.12 bits per heavy atom. The highest BCUT2D eigenvalue weighted by molar-refractivity contribution is 5.75. The molecule has 8 heteroatoms. The number of nitrogens with zero attached hydrogens (tertiary/aromatic N) is 2. The van der Waals surface area contributed by atoms with Gasteiger partial charge in [-0.3, -0.25) is 23.5 Å². The second-order valence-electron chi connectivity index (χ2n) is 5.18. The standard InChI is InChI=1S/C17H21N3O5/c1-3-25-14-6-4-13(5-7-14)20-10-9-19(16(22)17(20)23)12-15(21)18-8-11-24-2/h4-7,9-10H,3,8,11-12H2,1-2H3,(H,18,21). The number of amides is 1. The molecule has 1 heterocycles. The van der Waals surface area contributed by atoms with E-state index in [0.717, 1.165) is 4.57 Å². The van der Waals surface area contributed by atoms with Gasteiger partial charge >= 0.3 is 11.1 Å². The van der Waals surface area contributed by atoms with E-state index in [4.69, 9.17) is 9.47 Å². The molecule has 0 fully saturated rings. The van der Waals surface area contributed by atoms with Crippen LogP contribution in [0.1, 0.15) is 6.92 Å². The van der Waals surface area contributed by atoms with Crippen LogP contribution in [-0.2, 0) is 16.1 Å². The Morgan fingerprint density at radius 2 is 1.84 bits per heavy atom.